The largest absolute Gasteiger partial charge is 0.493 e. The third kappa shape index (κ3) is 2.81. The van der Waals surface area contributed by atoms with E-state index in [1.54, 1.807) is 24.0 Å². The average Bonchev–Trinajstić information content (AvgIpc) is 3.45. The molecule has 1 aliphatic rings. The van der Waals surface area contributed by atoms with Gasteiger partial charge in [-0.05, 0) is 30.7 Å². The lowest BCUT2D eigenvalue weighted by molar-refractivity contribution is 0.0914. The number of anilines is 1. The second kappa shape index (κ2) is 6.52. The van der Waals surface area contributed by atoms with Crippen LogP contribution >= 0.6 is 0 Å². The third-order valence-corrected chi connectivity index (χ3v) is 4.95. The molecule has 1 N–H and O–H groups in total. The number of furan rings is 1. The zero-order valence-electron chi connectivity index (χ0n) is 15.2. The monoisotopic (exact) mass is 378 g/mol. The number of methoxy groups -OCH3 is 1. The first kappa shape index (κ1) is 16.5. The molecule has 4 aromatic rings. The minimum atomic E-state index is -0.229. The van der Waals surface area contributed by atoms with Gasteiger partial charge in [-0.3, -0.25) is 4.79 Å². The first-order valence-corrected chi connectivity index (χ1v) is 9.01. The Kier molecular flexibility index (Phi) is 3.85. The van der Waals surface area contributed by atoms with Crippen LogP contribution in [0.15, 0.2) is 47.1 Å². The van der Waals surface area contributed by atoms with Crippen molar-refractivity contribution in [3.05, 3.63) is 48.5 Å². The summed E-state index contributed by atoms with van der Waals surface area (Å²) in [5, 5.41) is 16.2. The Bertz CT molecular complexity index is 1170. The predicted molar refractivity (Wildman–Crippen MR) is 102 cm³/mol. The van der Waals surface area contributed by atoms with Crippen LogP contribution in [-0.2, 0) is 0 Å². The molecule has 1 aliphatic heterocycles. The predicted octanol–water partition coefficient (Wildman–Crippen LogP) is 1.89. The van der Waals surface area contributed by atoms with Crippen LogP contribution in [0.4, 0.5) is 5.82 Å². The standard InChI is InChI=1S/C19H18N6O3/c1-27-14-4-2-3-12-9-15(28-18(12)14)19(26)21-13-7-8-24(10-13)17-6-5-16-22-20-11-25(16)23-17/h2-6,9,11,13H,7-8,10H2,1H3,(H,21,26)/t13-/m0/s1. The molecule has 1 atom stereocenters. The van der Waals surface area contributed by atoms with Gasteiger partial charge in [-0.25, -0.2) is 0 Å². The van der Waals surface area contributed by atoms with E-state index in [0.717, 1.165) is 24.2 Å². The number of aromatic nitrogens is 4. The molecule has 9 nitrogen and oxygen atoms in total. The molecule has 0 unspecified atom stereocenters. The van der Waals surface area contributed by atoms with Gasteiger partial charge in [0.1, 0.15) is 12.1 Å². The number of hydrogen-bond acceptors (Lipinski definition) is 7. The van der Waals surface area contributed by atoms with E-state index in [2.05, 4.69) is 25.5 Å². The van der Waals surface area contributed by atoms with E-state index in [9.17, 15) is 4.79 Å². The molecule has 28 heavy (non-hydrogen) atoms. The van der Waals surface area contributed by atoms with Gasteiger partial charge in [0.2, 0.25) is 0 Å². The fraction of sp³-hybridized carbons (Fsp3) is 0.263. The van der Waals surface area contributed by atoms with Crippen LogP contribution in [0.1, 0.15) is 17.0 Å². The van der Waals surface area contributed by atoms with Gasteiger partial charge >= 0.3 is 0 Å². The van der Waals surface area contributed by atoms with Crippen LogP contribution in [0.5, 0.6) is 5.75 Å². The van der Waals surface area contributed by atoms with Crippen molar-refractivity contribution in [3.8, 4) is 5.75 Å². The zero-order chi connectivity index (χ0) is 19.1. The summed E-state index contributed by atoms with van der Waals surface area (Å²) < 4.78 is 12.7. The highest BCUT2D eigenvalue weighted by Gasteiger charge is 2.26. The number of nitrogens with zero attached hydrogens (tertiary/aromatic N) is 5. The van der Waals surface area contributed by atoms with E-state index >= 15 is 0 Å². The molecule has 142 valence electrons. The fourth-order valence-corrected chi connectivity index (χ4v) is 3.54. The van der Waals surface area contributed by atoms with Crippen molar-refractivity contribution in [1.29, 1.82) is 0 Å². The summed E-state index contributed by atoms with van der Waals surface area (Å²) >= 11 is 0. The SMILES string of the molecule is COc1cccc2cc(C(=O)N[C@H]3CCN(c4ccc5nncn5n4)C3)oc12. The summed E-state index contributed by atoms with van der Waals surface area (Å²) in [4.78, 5) is 14.8. The van der Waals surface area contributed by atoms with E-state index in [1.165, 1.54) is 0 Å². The molecule has 0 bridgehead atoms. The Hall–Kier alpha value is -3.62. The van der Waals surface area contributed by atoms with Crippen LogP contribution in [0.25, 0.3) is 16.6 Å². The van der Waals surface area contributed by atoms with Crippen LogP contribution in [0.3, 0.4) is 0 Å². The van der Waals surface area contributed by atoms with E-state index in [-0.39, 0.29) is 17.7 Å². The molecule has 0 saturated carbocycles. The summed E-state index contributed by atoms with van der Waals surface area (Å²) in [7, 11) is 1.58. The number of para-hydroxylation sites is 1. The molecule has 9 heteroatoms. The van der Waals surface area contributed by atoms with Crippen molar-refractivity contribution >= 4 is 28.3 Å². The van der Waals surface area contributed by atoms with Crippen LogP contribution in [0, 0.1) is 0 Å². The van der Waals surface area contributed by atoms with Crippen molar-refractivity contribution in [2.75, 3.05) is 25.1 Å². The average molecular weight is 378 g/mol. The van der Waals surface area contributed by atoms with Crippen molar-refractivity contribution in [2.45, 2.75) is 12.5 Å². The Morgan fingerprint density at radius 2 is 2.25 bits per heavy atom. The maximum absolute atomic E-state index is 12.7. The van der Waals surface area contributed by atoms with E-state index in [4.69, 9.17) is 9.15 Å². The minimum Gasteiger partial charge on any atom is -0.493 e. The first-order chi connectivity index (χ1) is 13.7. The third-order valence-electron chi connectivity index (χ3n) is 4.95. The van der Waals surface area contributed by atoms with Crippen molar-refractivity contribution in [3.63, 3.8) is 0 Å². The lowest BCUT2D eigenvalue weighted by atomic mass is 10.2. The smallest absolute Gasteiger partial charge is 0.287 e. The molecule has 0 aliphatic carbocycles. The molecule has 0 radical (unpaired) electrons. The molecule has 1 aromatic carbocycles. The Morgan fingerprint density at radius 3 is 3.14 bits per heavy atom. The Labute approximate surface area is 159 Å². The zero-order valence-corrected chi connectivity index (χ0v) is 15.2. The van der Waals surface area contributed by atoms with E-state index in [0.29, 0.717) is 23.5 Å². The number of fused-ring (bicyclic) bond motifs is 2. The van der Waals surface area contributed by atoms with Gasteiger partial charge < -0.3 is 19.4 Å². The van der Waals surface area contributed by atoms with Gasteiger partial charge in [0.05, 0.1) is 7.11 Å². The molecule has 1 amide bonds. The number of nitrogens with one attached hydrogen (secondary N) is 1. The van der Waals surface area contributed by atoms with Gasteiger partial charge in [-0.2, -0.15) is 4.52 Å². The number of carbonyl (C=O) groups is 1. The van der Waals surface area contributed by atoms with Gasteiger partial charge in [0.15, 0.2) is 22.7 Å². The Morgan fingerprint density at radius 1 is 1.32 bits per heavy atom. The van der Waals surface area contributed by atoms with Gasteiger partial charge in [-0.1, -0.05) is 12.1 Å². The first-order valence-electron chi connectivity index (χ1n) is 9.01. The number of amides is 1. The second-order valence-electron chi connectivity index (χ2n) is 6.72. The molecular formula is C19H18N6O3. The highest BCUT2D eigenvalue weighted by molar-refractivity contribution is 5.97. The summed E-state index contributed by atoms with van der Waals surface area (Å²) in [6.07, 6.45) is 2.40. The molecule has 3 aromatic heterocycles. The summed E-state index contributed by atoms with van der Waals surface area (Å²) in [5.41, 5.74) is 1.28. The second-order valence-corrected chi connectivity index (χ2v) is 6.72. The van der Waals surface area contributed by atoms with Crippen molar-refractivity contribution in [2.24, 2.45) is 0 Å². The van der Waals surface area contributed by atoms with Crippen LogP contribution in [-0.4, -0.2) is 52.0 Å². The maximum Gasteiger partial charge on any atom is 0.287 e. The summed E-state index contributed by atoms with van der Waals surface area (Å²) in [6.45, 7) is 1.48. The molecule has 5 rings (SSSR count). The van der Waals surface area contributed by atoms with Gasteiger partial charge in [-0.15, -0.1) is 15.3 Å². The summed E-state index contributed by atoms with van der Waals surface area (Å²) in [5.74, 6) is 1.49. The topological polar surface area (TPSA) is 97.8 Å². The molecule has 0 spiro atoms. The van der Waals surface area contributed by atoms with E-state index < -0.39 is 0 Å². The molecule has 1 saturated heterocycles. The molecular weight excluding hydrogens is 360 g/mol. The minimum absolute atomic E-state index is 0.0148. The molecule has 1 fully saturated rings. The van der Waals surface area contributed by atoms with Crippen LogP contribution in [0.2, 0.25) is 0 Å². The number of ether oxygens (including phenoxy) is 1. The number of benzene rings is 1. The van der Waals surface area contributed by atoms with Gasteiger partial charge in [0, 0.05) is 24.5 Å². The normalized spacial score (nSPS) is 16.8. The van der Waals surface area contributed by atoms with Crippen LogP contribution < -0.4 is 15.0 Å². The highest BCUT2D eigenvalue weighted by Crippen LogP contribution is 2.28. The fourth-order valence-electron chi connectivity index (χ4n) is 3.54. The molecule has 4 heterocycles. The quantitative estimate of drug-likeness (QED) is 0.579. The lowest BCUT2D eigenvalue weighted by Gasteiger charge is -2.17. The number of rotatable bonds is 4. The van der Waals surface area contributed by atoms with Crippen molar-refractivity contribution < 1.29 is 13.9 Å². The summed E-state index contributed by atoms with van der Waals surface area (Å²) in [6, 6.07) is 11.1. The number of carbonyl (C=O) groups excluding carboxylic acids is 1. The van der Waals surface area contributed by atoms with Crippen molar-refractivity contribution in [1.82, 2.24) is 25.1 Å². The number of hydrogen-bond donors (Lipinski definition) is 1. The van der Waals surface area contributed by atoms with E-state index in [1.807, 2.05) is 30.3 Å². The maximum atomic E-state index is 12.7. The highest BCUT2D eigenvalue weighted by atomic mass is 16.5. The van der Waals surface area contributed by atoms with Gasteiger partial charge in [0.25, 0.3) is 5.91 Å². The Balaban J connectivity index is 1.29. The lowest BCUT2D eigenvalue weighted by Crippen LogP contribution is -2.37.